The van der Waals surface area contributed by atoms with Crippen molar-refractivity contribution in [3.05, 3.63) is 194 Å². The Bertz CT molecular complexity index is 2630. The van der Waals surface area contributed by atoms with Crippen LogP contribution < -0.4 is 0 Å². The molecule has 0 saturated heterocycles. The van der Waals surface area contributed by atoms with Crippen molar-refractivity contribution in [3.63, 3.8) is 0 Å². The van der Waals surface area contributed by atoms with Gasteiger partial charge in [-0.05, 0) is 94.0 Å². The molecule has 0 fully saturated rings. The smallest absolute Gasteiger partial charge is 0.0541 e. The Kier molecular flexibility index (Phi) is 6.53. The van der Waals surface area contributed by atoms with Crippen LogP contribution in [0.5, 0.6) is 0 Å². The van der Waals surface area contributed by atoms with E-state index in [1.165, 1.54) is 77.0 Å². The molecule has 0 unspecified atom stereocenters. The first-order chi connectivity index (χ1) is 24.8. The van der Waals surface area contributed by atoms with Gasteiger partial charge in [0.2, 0.25) is 0 Å². The highest BCUT2D eigenvalue weighted by molar-refractivity contribution is 6.12. The minimum atomic E-state index is 0. The summed E-state index contributed by atoms with van der Waals surface area (Å²) in [6.45, 7) is 0. The molecule has 2 aromatic heterocycles. The van der Waals surface area contributed by atoms with Gasteiger partial charge in [0.1, 0.15) is 0 Å². The molecular weight excluding hydrogens is 605 g/mol. The van der Waals surface area contributed by atoms with Crippen molar-refractivity contribution >= 4 is 43.6 Å². The first-order valence-electron chi connectivity index (χ1n) is 17.2. The molecule has 0 spiro atoms. The summed E-state index contributed by atoms with van der Waals surface area (Å²) in [5.41, 5.74) is 14.5. The maximum atomic E-state index is 2.39. The van der Waals surface area contributed by atoms with Crippen LogP contribution in [0.25, 0.3) is 88.4 Å². The fourth-order valence-corrected chi connectivity index (χ4v) is 7.73. The SMILES string of the molecule is [H-].c1ccc(-c2ccc(-n3c4ccccc4c4cc(-c5ccc6c(c5)c5ccccc5n6-c5ccc(-c6ccccc6)cc5)ccc43)cc2)cc1. The van der Waals surface area contributed by atoms with Gasteiger partial charge in [-0.2, -0.15) is 0 Å². The summed E-state index contributed by atoms with van der Waals surface area (Å²) in [5.74, 6) is 0. The zero-order chi connectivity index (χ0) is 33.0. The van der Waals surface area contributed by atoms with E-state index in [2.05, 4.69) is 203 Å². The van der Waals surface area contributed by atoms with Crippen molar-refractivity contribution < 1.29 is 1.43 Å². The Morgan fingerprint density at radius 2 is 0.560 bits per heavy atom. The van der Waals surface area contributed by atoms with E-state index < -0.39 is 0 Å². The molecule has 2 heteroatoms. The van der Waals surface area contributed by atoms with E-state index in [1.807, 2.05) is 0 Å². The third-order valence-corrected chi connectivity index (χ3v) is 10.1. The van der Waals surface area contributed by atoms with E-state index in [-0.39, 0.29) is 1.43 Å². The molecule has 10 aromatic rings. The van der Waals surface area contributed by atoms with Crippen LogP contribution in [0.4, 0.5) is 0 Å². The van der Waals surface area contributed by atoms with Gasteiger partial charge in [-0.3, -0.25) is 0 Å². The van der Waals surface area contributed by atoms with Crippen LogP contribution in [0.2, 0.25) is 0 Å². The van der Waals surface area contributed by atoms with E-state index >= 15 is 0 Å². The van der Waals surface area contributed by atoms with Gasteiger partial charge in [-0.15, -0.1) is 0 Å². The van der Waals surface area contributed by atoms with Gasteiger partial charge in [-0.1, -0.05) is 133 Å². The summed E-state index contributed by atoms with van der Waals surface area (Å²) in [7, 11) is 0. The van der Waals surface area contributed by atoms with Crippen LogP contribution in [0.1, 0.15) is 1.43 Å². The lowest BCUT2D eigenvalue weighted by Crippen LogP contribution is -1.94. The van der Waals surface area contributed by atoms with Crippen LogP contribution in [-0.2, 0) is 0 Å². The van der Waals surface area contributed by atoms with Gasteiger partial charge >= 0.3 is 0 Å². The van der Waals surface area contributed by atoms with E-state index in [0.717, 1.165) is 11.4 Å². The lowest BCUT2D eigenvalue weighted by Gasteiger charge is -2.11. The van der Waals surface area contributed by atoms with Crippen LogP contribution >= 0.6 is 0 Å². The average Bonchev–Trinajstić information content (AvgIpc) is 3.71. The fourth-order valence-electron chi connectivity index (χ4n) is 7.73. The number of benzene rings is 8. The summed E-state index contributed by atoms with van der Waals surface area (Å²) >= 11 is 0. The molecule has 0 saturated carbocycles. The number of aromatic nitrogens is 2. The Morgan fingerprint density at radius 1 is 0.240 bits per heavy atom. The summed E-state index contributed by atoms with van der Waals surface area (Å²) in [5, 5.41) is 5.03. The molecule has 10 rings (SSSR count). The van der Waals surface area contributed by atoms with Crippen LogP contribution in [0.15, 0.2) is 194 Å². The van der Waals surface area contributed by atoms with Gasteiger partial charge in [0.25, 0.3) is 0 Å². The maximum Gasteiger partial charge on any atom is 0.0541 e. The molecule has 0 bridgehead atoms. The molecule has 50 heavy (non-hydrogen) atoms. The molecule has 2 nitrogen and oxygen atoms in total. The van der Waals surface area contributed by atoms with E-state index in [1.54, 1.807) is 0 Å². The summed E-state index contributed by atoms with van der Waals surface area (Å²) < 4.78 is 4.78. The standard InChI is InChI=1S/C48H32N2.H/c1-3-11-33(12-4-1)35-19-25-39(26-20-35)49-45-17-9-7-15-41(45)43-31-37(23-29-47(43)49)38-24-30-48-44(32-38)42-16-8-10-18-46(42)50(48)40-27-21-36(22-28-40)34-13-5-2-6-14-34;/h1-32H;/q;-1. The van der Waals surface area contributed by atoms with Crippen molar-refractivity contribution in [1.82, 2.24) is 9.13 Å². The highest BCUT2D eigenvalue weighted by atomic mass is 15.0. The zero-order valence-electron chi connectivity index (χ0n) is 28.4. The molecule has 236 valence electrons. The monoisotopic (exact) mass is 637 g/mol. The van der Waals surface area contributed by atoms with Gasteiger partial charge in [0, 0.05) is 32.9 Å². The van der Waals surface area contributed by atoms with Crippen molar-refractivity contribution in [3.8, 4) is 44.8 Å². The van der Waals surface area contributed by atoms with Gasteiger partial charge in [0.15, 0.2) is 0 Å². The quantitative estimate of drug-likeness (QED) is 0.178. The third kappa shape index (κ3) is 4.57. The summed E-state index contributed by atoms with van der Waals surface area (Å²) in [6, 6.07) is 70.4. The summed E-state index contributed by atoms with van der Waals surface area (Å²) in [6.07, 6.45) is 0. The lowest BCUT2D eigenvalue weighted by molar-refractivity contribution is 1.18. The van der Waals surface area contributed by atoms with Gasteiger partial charge in [0.05, 0.1) is 22.1 Å². The van der Waals surface area contributed by atoms with Crippen LogP contribution in [0, 0.1) is 0 Å². The number of hydrogen-bond acceptors (Lipinski definition) is 0. The summed E-state index contributed by atoms with van der Waals surface area (Å²) in [4.78, 5) is 0. The molecule has 0 aliphatic heterocycles. The van der Waals surface area contributed by atoms with E-state index in [0.29, 0.717) is 0 Å². The molecule has 0 aliphatic rings. The lowest BCUT2D eigenvalue weighted by atomic mass is 10.0. The number of para-hydroxylation sites is 2. The van der Waals surface area contributed by atoms with Crippen molar-refractivity contribution in [2.75, 3.05) is 0 Å². The molecule has 8 aromatic carbocycles. The van der Waals surface area contributed by atoms with E-state index in [9.17, 15) is 0 Å². The zero-order valence-corrected chi connectivity index (χ0v) is 27.4. The van der Waals surface area contributed by atoms with Crippen molar-refractivity contribution in [2.24, 2.45) is 0 Å². The van der Waals surface area contributed by atoms with Crippen molar-refractivity contribution in [2.45, 2.75) is 0 Å². The minimum absolute atomic E-state index is 0. The molecule has 0 aliphatic carbocycles. The van der Waals surface area contributed by atoms with Crippen LogP contribution in [0.3, 0.4) is 0 Å². The molecular formula is C48H33N2-. The Balaban J connectivity index is 0.00000348. The first kappa shape index (κ1) is 28.4. The molecule has 0 atom stereocenters. The highest BCUT2D eigenvalue weighted by Crippen LogP contribution is 2.38. The number of nitrogens with zero attached hydrogens (tertiary/aromatic N) is 2. The van der Waals surface area contributed by atoms with Gasteiger partial charge in [-0.25, -0.2) is 0 Å². The molecule has 0 amide bonds. The molecule has 0 N–H and O–H groups in total. The maximum absolute atomic E-state index is 2.39. The second-order valence-corrected chi connectivity index (χ2v) is 13.0. The predicted octanol–water partition coefficient (Wildman–Crippen LogP) is 13.0. The number of rotatable bonds is 5. The largest absolute Gasteiger partial charge is 1.00 e. The molecule has 2 heterocycles. The predicted molar refractivity (Wildman–Crippen MR) is 213 cm³/mol. The first-order valence-corrected chi connectivity index (χ1v) is 17.2. The van der Waals surface area contributed by atoms with E-state index in [4.69, 9.17) is 0 Å². The molecule has 0 radical (unpaired) electrons. The van der Waals surface area contributed by atoms with Gasteiger partial charge < -0.3 is 10.6 Å². The number of fused-ring (bicyclic) bond motifs is 6. The third-order valence-electron chi connectivity index (χ3n) is 10.1. The minimum Gasteiger partial charge on any atom is -1.00 e. The average molecular weight is 638 g/mol. The second-order valence-electron chi connectivity index (χ2n) is 13.0. The van der Waals surface area contributed by atoms with Crippen LogP contribution in [-0.4, -0.2) is 9.13 Å². The Morgan fingerprint density at radius 3 is 0.980 bits per heavy atom. The Hall–Kier alpha value is -6.64. The van der Waals surface area contributed by atoms with Crippen molar-refractivity contribution in [1.29, 1.82) is 0 Å². The normalized spacial score (nSPS) is 11.6. The topological polar surface area (TPSA) is 9.86 Å². The fraction of sp³-hybridized carbons (Fsp3) is 0. The Labute approximate surface area is 292 Å². The number of hydrogen-bond donors (Lipinski definition) is 0. The second kappa shape index (κ2) is 11.5. The highest BCUT2D eigenvalue weighted by Gasteiger charge is 2.16.